The van der Waals surface area contributed by atoms with Gasteiger partial charge in [-0.15, -0.1) is 0 Å². The van der Waals surface area contributed by atoms with Gasteiger partial charge in [-0.25, -0.2) is 4.98 Å². The molecule has 1 N–H and O–H groups in total. The third-order valence-electron chi connectivity index (χ3n) is 4.96. The molecule has 0 radical (unpaired) electrons. The molecule has 6 nitrogen and oxygen atoms in total. The predicted molar refractivity (Wildman–Crippen MR) is 115 cm³/mol. The van der Waals surface area contributed by atoms with Gasteiger partial charge in [-0.05, 0) is 29.3 Å². The van der Waals surface area contributed by atoms with Crippen molar-refractivity contribution in [3.05, 3.63) is 76.6 Å². The van der Waals surface area contributed by atoms with Crippen LogP contribution in [0.1, 0.15) is 21.5 Å². The average molecular weight is 428 g/mol. The summed E-state index contributed by atoms with van der Waals surface area (Å²) < 4.78 is 0. The van der Waals surface area contributed by atoms with E-state index in [9.17, 15) is 4.79 Å². The number of thioether (sulfide) groups is 1. The van der Waals surface area contributed by atoms with Gasteiger partial charge in [0, 0.05) is 49.1 Å². The summed E-state index contributed by atoms with van der Waals surface area (Å²) >= 11 is 7.63. The molecule has 1 aromatic heterocycles. The van der Waals surface area contributed by atoms with E-state index >= 15 is 0 Å². The van der Waals surface area contributed by atoms with Crippen LogP contribution in [-0.2, 0) is 12.3 Å². The molecule has 3 aromatic rings. The summed E-state index contributed by atoms with van der Waals surface area (Å²) in [4.78, 5) is 21.6. The summed E-state index contributed by atoms with van der Waals surface area (Å²) in [5.74, 6) is 0.771. The SMILES string of the molecule is O=C(c1ccccc1CSc1ncn[nH]1)N1CCN(Cc2cccc(Cl)c2)CC1. The highest BCUT2D eigenvalue weighted by Gasteiger charge is 2.23. The van der Waals surface area contributed by atoms with Crippen LogP contribution in [0.25, 0.3) is 0 Å². The Morgan fingerprint density at radius 1 is 1.10 bits per heavy atom. The number of carbonyl (C=O) groups excluding carboxylic acids is 1. The number of hydrogen-bond acceptors (Lipinski definition) is 5. The zero-order chi connectivity index (χ0) is 20.1. The number of aromatic amines is 1. The molecule has 4 rings (SSSR count). The number of nitrogens with zero attached hydrogens (tertiary/aromatic N) is 4. The Balaban J connectivity index is 1.36. The third kappa shape index (κ3) is 5.18. The molecule has 1 amide bonds. The minimum Gasteiger partial charge on any atom is -0.336 e. The molecule has 0 atom stereocenters. The van der Waals surface area contributed by atoms with Crippen molar-refractivity contribution in [1.82, 2.24) is 25.0 Å². The normalized spacial score (nSPS) is 14.9. The minimum absolute atomic E-state index is 0.0983. The number of piperazine rings is 1. The van der Waals surface area contributed by atoms with E-state index in [0.29, 0.717) is 5.75 Å². The van der Waals surface area contributed by atoms with E-state index in [1.807, 2.05) is 47.4 Å². The van der Waals surface area contributed by atoms with Crippen molar-refractivity contribution in [2.45, 2.75) is 17.5 Å². The van der Waals surface area contributed by atoms with Crippen molar-refractivity contribution in [1.29, 1.82) is 0 Å². The summed E-state index contributed by atoms with van der Waals surface area (Å²) in [7, 11) is 0. The van der Waals surface area contributed by atoms with Gasteiger partial charge in [0.05, 0.1) is 0 Å². The van der Waals surface area contributed by atoms with Crippen LogP contribution in [-0.4, -0.2) is 57.1 Å². The monoisotopic (exact) mass is 427 g/mol. The predicted octanol–water partition coefficient (Wildman–Crippen LogP) is 3.71. The first-order valence-electron chi connectivity index (χ1n) is 9.51. The number of rotatable bonds is 6. The van der Waals surface area contributed by atoms with Crippen molar-refractivity contribution < 1.29 is 4.79 Å². The number of H-pyrrole nitrogens is 1. The minimum atomic E-state index is 0.0983. The molecule has 0 saturated carbocycles. The Kier molecular flexibility index (Phi) is 6.49. The van der Waals surface area contributed by atoms with Gasteiger partial charge in [-0.3, -0.25) is 14.8 Å². The average Bonchev–Trinajstić information content (AvgIpc) is 3.26. The van der Waals surface area contributed by atoms with Crippen molar-refractivity contribution in [3.63, 3.8) is 0 Å². The first-order valence-corrected chi connectivity index (χ1v) is 10.9. The van der Waals surface area contributed by atoms with Crippen LogP contribution in [0.15, 0.2) is 60.0 Å². The maximum atomic E-state index is 13.1. The first kappa shape index (κ1) is 19.9. The van der Waals surface area contributed by atoms with Crippen LogP contribution < -0.4 is 0 Å². The maximum absolute atomic E-state index is 13.1. The highest BCUT2D eigenvalue weighted by atomic mass is 35.5. The van der Waals surface area contributed by atoms with Crippen molar-refractivity contribution in [2.24, 2.45) is 0 Å². The lowest BCUT2D eigenvalue weighted by atomic mass is 10.1. The fourth-order valence-corrected chi connectivity index (χ4v) is 4.43. The molecule has 1 aliphatic heterocycles. The van der Waals surface area contributed by atoms with Gasteiger partial charge in [0.15, 0.2) is 5.16 Å². The van der Waals surface area contributed by atoms with E-state index in [-0.39, 0.29) is 5.91 Å². The second kappa shape index (κ2) is 9.43. The lowest BCUT2D eigenvalue weighted by Crippen LogP contribution is -2.48. The summed E-state index contributed by atoms with van der Waals surface area (Å²) in [5.41, 5.74) is 2.98. The second-order valence-electron chi connectivity index (χ2n) is 6.93. The van der Waals surface area contributed by atoms with Gasteiger partial charge >= 0.3 is 0 Å². The number of hydrogen-bond donors (Lipinski definition) is 1. The Hall–Kier alpha value is -2.35. The van der Waals surface area contributed by atoms with Crippen LogP contribution in [0.5, 0.6) is 0 Å². The van der Waals surface area contributed by atoms with E-state index in [1.54, 1.807) is 11.8 Å². The van der Waals surface area contributed by atoms with Crippen LogP contribution in [0, 0.1) is 0 Å². The number of nitrogens with one attached hydrogen (secondary N) is 1. The first-order chi connectivity index (χ1) is 14.2. The van der Waals surface area contributed by atoms with Crippen molar-refractivity contribution >= 4 is 29.3 Å². The van der Waals surface area contributed by atoms with Crippen molar-refractivity contribution in [3.8, 4) is 0 Å². The lowest BCUT2D eigenvalue weighted by Gasteiger charge is -2.35. The number of halogens is 1. The van der Waals surface area contributed by atoms with E-state index < -0.39 is 0 Å². The molecule has 2 aromatic carbocycles. The topological polar surface area (TPSA) is 65.1 Å². The number of benzene rings is 2. The van der Waals surface area contributed by atoms with Crippen LogP contribution in [0.3, 0.4) is 0 Å². The Labute approximate surface area is 179 Å². The van der Waals surface area contributed by atoms with Crippen LogP contribution in [0.4, 0.5) is 0 Å². The number of amides is 1. The van der Waals surface area contributed by atoms with E-state index in [0.717, 1.165) is 54.0 Å². The molecular weight excluding hydrogens is 406 g/mol. The smallest absolute Gasteiger partial charge is 0.254 e. The molecule has 2 heterocycles. The highest BCUT2D eigenvalue weighted by Crippen LogP contribution is 2.23. The molecule has 0 bridgehead atoms. The molecule has 1 fully saturated rings. The molecule has 0 spiro atoms. The fourth-order valence-electron chi connectivity index (χ4n) is 3.44. The summed E-state index contributed by atoms with van der Waals surface area (Å²) in [6, 6.07) is 15.8. The molecule has 1 saturated heterocycles. The molecule has 8 heteroatoms. The summed E-state index contributed by atoms with van der Waals surface area (Å²) in [5, 5.41) is 8.22. The molecular formula is C21H22ClN5OS. The summed E-state index contributed by atoms with van der Waals surface area (Å²) in [6.45, 7) is 4.01. The zero-order valence-electron chi connectivity index (χ0n) is 15.9. The molecule has 0 unspecified atom stereocenters. The van der Waals surface area contributed by atoms with Crippen molar-refractivity contribution in [2.75, 3.05) is 26.2 Å². The van der Waals surface area contributed by atoms with E-state index in [1.165, 1.54) is 11.9 Å². The lowest BCUT2D eigenvalue weighted by molar-refractivity contribution is 0.0627. The van der Waals surface area contributed by atoms with Gasteiger partial charge in [0.25, 0.3) is 5.91 Å². The van der Waals surface area contributed by atoms with Gasteiger partial charge < -0.3 is 4.90 Å². The molecule has 0 aliphatic carbocycles. The van der Waals surface area contributed by atoms with Gasteiger partial charge in [0.2, 0.25) is 0 Å². The standard InChI is InChI=1S/C21H22ClN5OS/c22-18-6-3-4-16(12-18)13-26-8-10-27(11-9-26)20(28)19-7-2-1-5-17(19)14-29-21-23-15-24-25-21/h1-7,12,15H,8-11,13-14H2,(H,23,24,25). The van der Waals surface area contributed by atoms with E-state index in [2.05, 4.69) is 26.1 Å². The largest absolute Gasteiger partial charge is 0.336 e. The van der Waals surface area contributed by atoms with Gasteiger partial charge in [0.1, 0.15) is 6.33 Å². The highest BCUT2D eigenvalue weighted by molar-refractivity contribution is 7.98. The summed E-state index contributed by atoms with van der Waals surface area (Å²) in [6.07, 6.45) is 1.49. The van der Waals surface area contributed by atoms with Crippen LogP contribution in [0.2, 0.25) is 5.02 Å². The molecule has 150 valence electrons. The number of carbonyl (C=O) groups is 1. The molecule has 1 aliphatic rings. The zero-order valence-corrected chi connectivity index (χ0v) is 17.5. The molecule has 29 heavy (non-hydrogen) atoms. The van der Waals surface area contributed by atoms with Gasteiger partial charge in [-0.2, -0.15) is 5.10 Å². The number of aromatic nitrogens is 3. The third-order valence-corrected chi connectivity index (χ3v) is 6.12. The maximum Gasteiger partial charge on any atom is 0.254 e. The van der Waals surface area contributed by atoms with Crippen LogP contribution >= 0.6 is 23.4 Å². The Bertz CT molecular complexity index is 957. The van der Waals surface area contributed by atoms with E-state index in [4.69, 9.17) is 11.6 Å². The Morgan fingerprint density at radius 2 is 1.93 bits per heavy atom. The Morgan fingerprint density at radius 3 is 2.69 bits per heavy atom. The quantitative estimate of drug-likeness (QED) is 0.607. The fraction of sp³-hybridized carbons (Fsp3) is 0.286. The second-order valence-corrected chi connectivity index (χ2v) is 8.34. The van der Waals surface area contributed by atoms with Gasteiger partial charge in [-0.1, -0.05) is 53.7 Å².